The molecule has 0 radical (unpaired) electrons. The maximum absolute atomic E-state index is 11.5. The lowest BCUT2D eigenvalue weighted by atomic mass is 10.4. The van der Waals surface area contributed by atoms with E-state index in [1.54, 1.807) is 0 Å². The van der Waals surface area contributed by atoms with E-state index in [0.29, 0.717) is 30.1 Å². The summed E-state index contributed by atoms with van der Waals surface area (Å²) in [6.45, 7) is 8.06. The first-order valence-electron chi connectivity index (χ1n) is 6.30. The van der Waals surface area contributed by atoms with Gasteiger partial charge in [-0.2, -0.15) is 15.0 Å². The Morgan fingerprint density at radius 3 is 1.95 bits per heavy atom. The average Bonchev–Trinajstić information content (AvgIpc) is 2.36. The number of carbonyl (C=O) groups is 1. The minimum absolute atomic E-state index is 0.0436. The number of hydrogen-bond donors (Lipinski definition) is 3. The molecule has 0 aliphatic rings. The maximum atomic E-state index is 11.5. The number of rotatable bonds is 7. The van der Waals surface area contributed by atoms with Crippen molar-refractivity contribution in [3.8, 4) is 0 Å². The van der Waals surface area contributed by atoms with Crippen LogP contribution in [0.3, 0.4) is 0 Å². The number of allylic oxidation sites excluding steroid dienone is 2. The van der Waals surface area contributed by atoms with Crippen LogP contribution in [0.2, 0.25) is 0 Å². The first-order chi connectivity index (χ1) is 9.47. The topological polar surface area (TPSA) is 100 Å². The molecule has 7 nitrogen and oxygen atoms in total. The van der Waals surface area contributed by atoms with Gasteiger partial charge >= 0.3 is 0 Å². The second-order valence-electron chi connectivity index (χ2n) is 3.90. The zero-order valence-corrected chi connectivity index (χ0v) is 12.8. The van der Waals surface area contributed by atoms with Gasteiger partial charge in [0.2, 0.25) is 11.9 Å². The van der Waals surface area contributed by atoms with Crippen molar-refractivity contribution in [2.24, 2.45) is 0 Å². The van der Waals surface area contributed by atoms with Crippen LogP contribution >= 0.6 is 11.8 Å². The molecule has 110 valence electrons. The number of anilines is 2. The highest BCUT2D eigenvalue weighted by Gasteiger charge is 2.14. The van der Waals surface area contributed by atoms with Gasteiger partial charge in [0.15, 0.2) is 10.9 Å². The Bertz CT molecular complexity index is 490. The Hall–Kier alpha value is -1.83. The van der Waals surface area contributed by atoms with E-state index in [0.717, 1.165) is 11.8 Å². The summed E-state index contributed by atoms with van der Waals surface area (Å²) in [6, 6.07) is 0. The Kier molecular flexibility index (Phi) is 6.23. The van der Waals surface area contributed by atoms with Gasteiger partial charge in [-0.1, -0.05) is 0 Å². The Labute approximate surface area is 122 Å². The van der Waals surface area contributed by atoms with Gasteiger partial charge in [-0.3, -0.25) is 4.79 Å². The molecule has 3 N–H and O–H groups in total. The molecule has 1 aromatic heterocycles. The normalized spacial score (nSPS) is 11.8. The van der Waals surface area contributed by atoms with E-state index >= 15 is 0 Å². The number of Topliss-reactive ketones (excluding diaryl/α,β-unsaturated/α-hetero) is 1. The van der Waals surface area contributed by atoms with Crippen LogP contribution in [0.1, 0.15) is 27.7 Å². The number of nitrogens with zero attached hydrogens (tertiary/aromatic N) is 3. The van der Waals surface area contributed by atoms with Gasteiger partial charge in [-0.05, 0) is 39.5 Å². The van der Waals surface area contributed by atoms with E-state index in [9.17, 15) is 9.90 Å². The minimum atomic E-state index is -0.231. The molecule has 1 rings (SSSR count). The molecule has 0 aliphatic heterocycles. The molecule has 0 spiro atoms. The van der Waals surface area contributed by atoms with Crippen LogP contribution in [0.15, 0.2) is 15.8 Å². The van der Waals surface area contributed by atoms with Crippen LogP contribution in [-0.2, 0) is 4.79 Å². The second-order valence-corrected chi connectivity index (χ2v) is 4.88. The van der Waals surface area contributed by atoms with Gasteiger partial charge in [0.25, 0.3) is 0 Å². The van der Waals surface area contributed by atoms with Crippen LogP contribution in [0.4, 0.5) is 11.9 Å². The van der Waals surface area contributed by atoms with Gasteiger partial charge in [-0.25, -0.2) is 0 Å². The molecule has 0 atom stereocenters. The van der Waals surface area contributed by atoms with Crippen LogP contribution in [0.25, 0.3) is 0 Å². The van der Waals surface area contributed by atoms with Crippen LogP contribution in [-0.4, -0.2) is 38.9 Å². The molecular formula is C12H19N5O2S. The number of ketones is 1. The highest BCUT2D eigenvalue weighted by atomic mass is 32.2. The molecule has 0 saturated heterocycles. The molecule has 0 bridgehead atoms. The van der Waals surface area contributed by atoms with Crippen LogP contribution in [0, 0.1) is 0 Å². The second kappa shape index (κ2) is 7.68. The third-order valence-corrected chi connectivity index (χ3v) is 3.28. The fraction of sp³-hybridized carbons (Fsp3) is 0.500. The van der Waals surface area contributed by atoms with E-state index in [4.69, 9.17) is 0 Å². The number of aromatic nitrogens is 3. The monoisotopic (exact) mass is 297 g/mol. The third-order valence-electron chi connectivity index (χ3n) is 2.13. The summed E-state index contributed by atoms with van der Waals surface area (Å²) in [5.74, 6) is 0.585. The number of hydrogen-bond acceptors (Lipinski definition) is 8. The summed E-state index contributed by atoms with van der Waals surface area (Å²) in [5.41, 5.74) is 0. The molecule has 0 unspecified atom stereocenters. The van der Waals surface area contributed by atoms with Crippen molar-refractivity contribution in [1.29, 1.82) is 0 Å². The van der Waals surface area contributed by atoms with Gasteiger partial charge in [-0.15, -0.1) is 0 Å². The molecule has 20 heavy (non-hydrogen) atoms. The molecule has 0 aromatic carbocycles. The number of carbonyl (C=O) groups excluding carboxylic acids is 1. The smallest absolute Gasteiger partial charge is 0.228 e. The Balaban J connectivity index is 3.10. The molecule has 1 aromatic rings. The minimum Gasteiger partial charge on any atom is -0.511 e. The largest absolute Gasteiger partial charge is 0.511 e. The number of nitrogens with one attached hydrogen (secondary N) is 2. The van der Waals surface area contributed by atoms with E-state index in [2.05, 4.69) is 25.6 Å². The quantitative estimate of drug-likeness (QED) is 0.400. The molecule has 1 heterocycles. The fourth-order valence-electron chi connectivity index (χ4n) is 1.37. The van der Waals surface area contributed by atoms with E-state index in [1.165, 1.54) is 13.8 Å². The van der Waals surface area contributed by atoms with Crippen LogP contribution < -0.4 is 10.6 Å². The van der Waals surface area contributed by atoms with Crippen molar-refractivity contribution < 1.29 is 9.90 Å². The molecule has 0 saturated carbocycles. The molecule has 0 amide bonds. The van der Waals surface area contributed by atoms with Crippen molar-refractivity contribution >= 4 is 29.4 Å². The fourth-order valence-corrected chi connectivity index (χ4v) is 2.11. The average molecular weight is 297 g/mol. The Morgan fingerprint density at radius 1 is 1.10 bits per heavy atom. The molecule has 8 heteroatoms. The summed E-state index contributed by atoms with van der Waals surface area (Å²) >= 11 is 1.02. The number of aliphatic hydroxyl groups is 1. The van der Waals surface area contributed by atoms with Gasteiger partial charge in [0.05, 0.1) is 4.91 Å². The number of thioether (sulfide) groups is 1. The van der Waals surface area contributed by atoms with Crippen molar-refractivity contribution in [3.05, 3.63) is 10.7 Å². The maximum Gasteiger partial charge on any atom is 0.228 e. The molecule has 0 fully saturated rings. The highest BCUT2D eigenvalue weighted by molar-refractivity contribution is 8.03. The number of aliphatic hydroxyl groups excluding tert-OH is 1. The molecule has 0 aliphatic carbocycles. The summed E-state index contributed by atoms with van der Waals surface area (Å²) < 4.78 is 0. The standard InChI is InChI=1S/C12H19N5O2S/c1-5-13-10-15-11(14-6-2)17-12(16-10)20-9(7(3)18)8(4)19/h18H,5-6H2,1-4H3,(H2,13,14,15,16,17)/b9-7+. The highest BCUT2D eigenvalue weighted by Crippen LogP contribution is 2.27. The first-order valence-corrected chi connectivity index (χ1v) is 7.12. The van der Waals surface area contributed by atoms with E-state index in [-0.39, 0.29) is 16.4 Å². The molecular weight excluding hydrogens is 278 g/mol. The Morgan fingerprint density at radius 2 is 1.60 bits per heavy atom. The summed E-state index contributed by atoms with van der Waals surface area (Å²) in [4.78, 5) is 24.3. The first kappa shape index (κ1) is 16.2. The SMILES string of the molecule is CCNc1nc(NCC)nc(S/C(C(C)=O)=C(\C)O)n1. The zero-order valence-electron chi connectivity index (χ0n) is 12.0. The van der Waals surface area contributed by atoms with E-state index < -0.39 is 0 Å². The van der Waals surface area contributed by atoms with Crippen molar-refractivity contribution in [1.82, 2.24) is 15.0 Å². The van der Waals surface area contributed by atoms with Gasteiger partial charge in [0, 0.05) is 13.1 Å². The lowest BCUT2D eigenvalue weighted by molar-refractivity contribution is -0.113. The van der Waals surface area contributed by atoms with Crippen molar-refractivity contribution in [2.75, 3.05) is 23.7 Å². The van der Waals surface area contributed by atoms with Gasteiger partial charge < -0.3 is 15.7 Å². The van der Waals surface area contributed by atoms with Crippen molar-refractivity contribution in [3.63, 3.8) is 0 Å². The third kappa shape index (κ3) is 4.69. The predicted molar refractivity (Wildman–Crippen MR) is 80.0 cm³/mol. The summed E-state index contributed by atoms with van der Waals surface area (Å²) in [5, 5.41) is 15.9. The lowest BCUT2D eigenvalue weighted by Crippen LogP contribution is -2.09. The van der Waals surface area contributed by atoms with Gasteiger partial charge in [0.1, 0.15) is 5.76 Å². The zero-order chi connectivity index (χ0) is 15.1. The lowest BCUT2D eigenvalue weighted by Gasteiger charge is -2.09. The van der Waals surface area contributed by atoms with Crippen molar-refractivity contribution in [2.45, 2.75) is 32.9 Å². The summed E-state index contributed by atoms with van der Waals surface area (Å²) in [7, 11) is 0. The van der Waals surface area contributed by atoms with E-state index in [1.807, 2.05) is 13.8 Å². The van der Waals surface area contributed by atoms with Crippen LogP contribution in [0.5, 0.6) is 0 Å². The predicted octanol–water partition coefficient (Wildman–Crippen LogP) is 2.21. The summed E-state index contributed by atoms with van der Waals surface area (Å²) in [6.07, 6.45) is 0.